The van der Waals surface area contributed by atoms with Crippen molar-refractivity contribution >= 4 is 22.5 Å². The summed E-state index contributed by atoms with van der Waals surface area (Å²) in [4.78, 5) is 0. The highest BCUT2D eigenvalue weighted by molar-refractivity contribution is 6.04. The molecule has 1 nitrogen and oxygen atoms in total. The zero-order valence-corrected chi connectivity index (χ0v) is 10.7. The summed E-state index contributed by atoms with van der Waals surface area (Å²) >= 11 is 0. The Morgan fingerprint density at radius 3 is 2.32 bits per heavy atom. The second-order valence-corrected chi connectivity index (χ2v) is 5.05. The largest absolute Gasteiger partial charge is 0.355 e. The van der Waals surface area contributed by atoms with Gasteiger partial charge in [0.05, 0.1) is 0 Å². The highest BCUT2D eigenvalue weighted by Crippen LogP contribution is 2.43. The van der Waals surface area contributed by atoms with Gasteiger partial charge < -0.3 is 5.32 Å². The van der Waals surface area contributed by atoms with Crippen molar-refractivity contribution in [3.8, 4) is 0 Å². The van der Waals surface area contributed by atoms with E-state index in [2.05, 4.69) is 66.0 Å². The number of para-hydroxylation sites is 2. The van der Waals surface area contributed by atoms with Crippen molar-refractivity contribution in [3.05, 3.63) is 71.8 Å². The molecule has 1 heteroatoms. The summed E-state index contributed by atoms with van der Waals surface area (Å²) in [5.41, 5.74) is 7.92. The molecular formula is C18H15N. The molecule has 92 valence electrons. The quantitative estimate of drug-likeness (QED) is 0.688. The molecule has 19 heavy (non-hydrogen) atoms. The fourth-order valence-corrected chi connectivity index (χ4v) is 3.02. The number of fused-ring (bicyclic) bond motifs is 4. The van der Waals surface area contributed by atoms with Crippen LogP contribution in [-0.2, 0) is 0 Å². The van der Waals surface area contributed by atoms with E-state index >= 15 is 0 Å². The van der Waals surface area contributed by atoms with E-state index in [1.54, 1.807) is 0 Å². The van der Waals surface area contributed by atoms with Gasteiger partial charge in [0.25, 0.3) is 0 Å². The van der Waals surface area contributed by atoms with Gasteiger partial charge in [-0.3, -0.25) is 0 Å². The molecular weight excluding hydrogens is 230 g/mol. The monoisotopic (exact) mass is 245 g/mol. The summed E-state index contributed by atoms with van der Waals surface area (Å²) in [6.07, 6.45) is 6.82. The predicted molar refractivity (Wildman–Crippen MR) is 81.4 cm³/mol. The number of allylic oxidation sites excluding steroid dienone is 4. The van der Waals surface area contributed by atoms with Crippen LogP contribution in [0.2, 0.25) is 0 Å². The summed E-state index contributed by atoms with van der Waals surface area (Å²) in [6, 6.07) is 17.2. The van der Waals surface area contributed by atoms with Gasteiger partial charge in [0, 0.05) is 22.5 Å². The van der Waals surface area contributed by atoms with Crippen LogP contribution in [0.5, 0.6) is 0 Å². The minimum atomic E-state index is 1.12. The normalized spacial score (nSPS) is 16.0. The maximum Gasteiger partial charge on any atom is 0.0464 e. The number of benzene rings is 2. The number of hydrogen-bond acceptors (Lipinski definition) is 1. The Balaban J connectivity index is 2.07. The lowest BCUT2D eigenvalue weighted by Gasteiger charge is -2.15. The minimum absolute atomic E-state index is 1.12. The zero-order valence-electron chi connectivity index (χ0n) is 10.7. The Hall–Kier alpha value is -2.28. The third kappa shape index (κ3) is 1.62. The third-order valence-electron chi connectivity index (χ3n) is 3.91. The molecule has 2 aliphatic rings. The van der Waals surface area contributed by atoms with Crippen molar-refractivity contribution in [1.82, 2.24) is 0 Å². The molecule has 1 aliphatic heterocycles. The fourth-order valence-electron chi connectivity index (χ4n) is 3.02. The molecule has 1 N–H and O–H groups in total. The van der Waals surface area contributed by atoms with Gasteiger partial charge in [0.1, 0.15) is 0 Å². The van der Waals surface area contributed by atoms with Gasteiger partial charge in [-0.15, -0.1) is 0 Å². The Morgan fingerprint density at radius 1 is 0.789 bits per heavy atom. The minimum Gasteiger partial charge on any atom is -0.355 e. The molecule has 0 atom stereocenters. The van der Waals surface area contributed by atoms with Gasteiger partial charge in [0.2, 0.25) is 0 Å². The van der Waals surface area contributed by atoms with Crippen molar-refractivity contribution in [2.75, 3.05) is 5.32 Å². The number of rotatable bonds is 0. The lowest BCUT2D eigenvalue weighted by atomic mass is 9.88. The van der Waals surface area contributed by atoms with E-state index in [-0.39, 0.29) is 0 Å². The van der Waals surface area contributed by atoms with Crippen LogP contribution in [0.4, 0.5) is 11.4 Å². The molecule has 0 radical (unpaired) electrons. The molecule has 0 saturated heterocycles. The standard InChI is InChI=1S/C18H15N/c1-2-8-14-13(7-1)15-9-3-5-11-17(15)19-18-12-6-4-10-16(14)18/h1,3-7,9-12,19H,2,8H2. The lowest BCUT2D eigenvalue weighted by Crippen LogP contribution is -1.93. The Kier molecular flexibility index (Phi) is 2.31. The van der Waals surface area contributed by atoms with Crippen molar-refractivity contribution in [2.45, 2.75) is 12.8 Å². The average Bonchev–Trinajstić information content (AvgIpc) is 2.62. The maximum absolute atomic E-state index is 3.58. The first-order valence-corrected chi connectivity index (χ1v) is 6.79. The summed E-state index contributed by atoms with van der Waals surface area (Å²) < 4.78 is 0. The van der Waals surface area contributed by atoms with E-state index in [0.29, 0.717) is 0 Å². The molecule has 0 fully saturated rings. The van der Waals surface area contributed by atoms with E-state index < -0.39 is 0 Å². The van der Waals surface area contributed by atoms with Crippen molar-refractivity contribution in [1.29, 1.82) is 0 Å². The molecule has 2 aromatic carbocycles. The van der Waals surface area contributed by atoms with Gasteiger partial charge in [-0.2, -0.15) is 0 Å². The van der Waals surface area contributed by atoms with E-state index in [9.17, 15) is 0 Å². The molecule has 0 amide bonds. The van der Waals surface area contributed by atoms with Crippen LogP contribution in [0.25, 0.3) is 11.1 Å². The van der Waals surface area contributed by atoms with Gasteiger partial charge in [-0.1, -0.05) is 48.6 Å². The second kappa shape index (κ2) is 4.13. The molecule has 0 spiro atoms. The maximum atomic E-state index is 3.58. The van der Waals surface area contributed by atoms with Gasteiger partial charge in [-0.25, -0.2) is 0 Å². The van der Waals surface area contributed by atoms with E-state index in [1.807, 2.05) is 0 Å². The van der Waals surface area contributed by atoms with Crippen LogP contribution in [0.1, 0.15) is 24.0 Å². The number of anilines is 2. The lowest BCUT2D eigenvalue weighted by molar-refractivity contribution is 1.06. The van der Waals surface area contributed by atoms with Gasteiger partial charge >= 0.3 is 0 Å². The highest BCUT2D eigenvalue weighted by atomic mass is 14.9. The van der Waals surface area contributed by atoms with Crippen LogP contribution in [0, 0.1) is 0 Å². The van der Waals surface area contributed by atoms with Crippen LogP contribution < -0.4 is 5.32 Å². The van der Waals surface area contributed by atoms with Crippen molar-refractivity contribution in [3.63, 3.8) is 0 Å². The average molecular weight is 245 g/mol. The highest BCUT2D eigenvalue weighted by Gasteiger charge is 2.20. The molecule has 4 rings (SSSR count). The topological polar surface area (TPSA) is 12.0 Å². The van der Waals surface area contributed by atoms with Crippen LogP contribution in [0.15, 0.2) is 60.7 Å². The van der Waals surface area contributed by atoms with Gasteiger partial charge in [-0.05, 0) is 36.1 Å². The molecule has 2 aromatic rings. The molecule has 0 bridgehead atoms. The first-order valence-electron chi connectivity index (χ1n) is 6.79. The molecule has 0 saturated carbocycles. The first kappa shape index (κ1) is 10.6. The van der Waals surface area contributed by atoms with Crippen LogP contribution in [-0.4, -0.2) is 0 Å². The van der Waals surface area contributed by atoms with E-state index in [1.165, 1.54) is 33.6 Å². The van der Waals surface area contributed by atoms with E-state index in [4.69, 9.17) is 0 Å². The fraction of sp³-hybridized carbons (Fsp3) is 0.111. The van der Waals surface area contributed by atoms with E-state index in [0.717, 1.165) is 12.8 Å². The Bertz CT molecular complexity index is 707. The summed E-state index contributed by atoms with van der Waals surface area (Å²) in [7, 11) is 0. The third-order valence-corrected chi connectivity index (χ3v) is 3.91. The Labute approximate surface area is 113 Å². The van der Waals surface area contributed by atoms with Gasteiger partial charge in [0.15, 0.2) is 0 Å². The SMILES string of the molecule is C1=CC2=C(CC1)c1ccccc1Nc1ccccc12. The summed E-state index contributed by atoms with van der Waals surface area (Å²) in [5.74, 6) is 0. The molecule has 1 aliphatic carbocycles. The molecule has 1 heterocycles. The first-order chi connectivity index (χ1) is 9.43. The summed E-state index contributed by atoms with van der Waals surface area (Å²) in [6.45, 7) is 0. The predicted octanol–water partition coefficient (Wildman–Crippen LogP) is 5.00. The van der Waals surface area contributed by atoms with Crippen LogP contribution in [0.3, 0.4) is 0 Å². The number of hydrogen-bond donors (Lipinski definition) is 1. The second-order valence-electron chi connectivity index (χ2n) is 5.05. The molecule has 0 aromatic heterocycles. The summed E-state index contributed by atoms with van der Waals surface area (Å²) in [5, 5.41) is 3.58. The zero-order chi connectivity index (χ0) is 12.7. The smallest absolute Gasteiger partial charge is 0.0464 e. The molecule has 0 unspecified atom stereocenters. The Morgan fingerprint density at radius 2 is 1.47 bits per heavy atom. The van der Waals surface area contributed by atoms with Crippen molar-refractivity contribution < 1.29 is 0 Å². The number of nitrogens with one attached hydrogen (secondary N) is 1. The van der Waals surface area contributed by atoms with Crippen molar-refractivity contribution in [2.24, 2.45) is 0 Å². The van der Waals surface area contributed by atoms with Crippen LogP contribution >= 0.6 is 0 Å².